The molecular formula is C10H13N3O3. The number of hydrogen-bond acceptors (Lipinski definition) is 5. The SMILES string of the molecule is COc1cc(N2CC(N)C2)cc([N+](=O)[O-])c1. The third-order valence-corrected chi connectivity index (χ3v) is 2.60. The molecule has 1 fully saturated rings. The van der Waals surface area contributed by atoms with E-state index in [0.717, 1.165) is 18.8 Å². The number of nitrogens with zero attached hydrogens (tertiary/aromatic N) is 2. The second-order valence-electron chi connectivity index (χ2n) is 3.81. The van der Waals surface area contributed by atoms with Crippen molar-refractivity contribution in [3.05, 3.63) is 28.3 Å². The summed E-state index contributed by atoms with van der Waals surface area (Å²) in [5, 5.41) is 10.7. The quantitative estimate of drug-likeness (QED) is 0.604. The fourth-order valence-electron chi connectivity index (χ4n) is 1.70. The van der Waals surface area contributed by atoms with Crippen molar-refractivity contribution in [2.24, 2.45) is 5.73 Å². The summed E-state index contributed by atoms with van der Waals surface area (Å²) >= 11 is 0. The first-order valence-electron chi connectivity index (χ1n) is 4.94. The Morgan fingerprint density at radius 1 is 1.50 bits per heavy atom. The Labute approximate surface area is 92.8 Å². The number of methoxy groups -OCH3 is 1. The fraction of sp³-hybridized carbons (Fsp3) is 0.400. The highest BCUT2D eigenvalue weighted by Crippen LogP contribution is 2.30. The van der Waals surface area contributed by atoms with Crippen LogP contribution in [0.25, 0.3) is 0 Å². The number of hydrogen-bond donors (Lipinski definition) is 1. The molecule has 0 spiro atoms. The number of rotatable bonds is 3. The van der Waals surface area contributed by atoms with E-state index in [1.54, 1.807) is 6.07 Å². The fourth-order valence-corrected chi connectivity index (χ4v) is 1.70. The molecule has 0 radical (unpaired) electrons. The van der Waals surface area contributed by atoms with Crippen LogP contribution in [-0.2, 0) is 0 Å². The molecule has 0 atom stereocenters. The van der Waals surface area contributed by atoms with E-state index < -0.39 is 4.92 Å². The summed E-state index contributed by atoms with van der Waals surface area (Å²) in [7, 11) is 1.49. The van der Waals surface area contributed by atoms with Crippen LogP contribution in [0.5, 0.6) is 5.75 Å². The Morgan fingerprint density at radius 2 is 2.19 bits per heavy atom. The Morgan fingerprint density at radius 3 is 2.69 bits per heavy atom. The maximum absolute atomic E-state index is 10.7. The summed E-state index contributed by atoms with van der Waals surface area (Å²) in [6, 6.07) is 4.88. The zero-order valence-electron chi connectivity index (χ0n) is 8.92. The smallest absolute Gasteiger partial charge is 0.275 e. The van der Waals surface area contributed by atoms with Crippen LogP contribution in [0.2, 0.25) is 0 Å². The standard InChI is InChI=1S/C10H13N3O3/c1-16-10-3-8(12-5-7(11)6-12)2-9(4-10)13(14)15/h2-4,7H,5-6,11H2,1H3. The van der Waals surface area contributed by atoms with Gasteiger partial charge in [0.05, 0.1) is 18.1 Å². The van der Waals surface area contributed by atoms with Gasteiger partial charge in [0.2, 0.25) is 0 Å². The molecule has 1 aliphatic rings. The molecule has 1 aromatic carbocycles. The zero-order chi connectivity index (χ0) is 11.7. The van der Waals surface area contributed by atoms with Gasteiger partial charge in [0, 0.05) is 37.0 Å². The van der Waals surface area contributed by atoms with Crippen molar-refractivity contribution in [3.63, 3.8) is 0 Å². The molecule has 1 saturated heterocycles. The molecule has 1 heterocycles. The minimum Gasteiger partial charge on any atom is -0.496 e. The molecule has 86 valence electrons. The van der Waals surface area contributed by atoms with Crippen LogP contribution in [0.3, 0.4) is 0 Å². The van der Waals surface area contributed by atoms with E-state index in [0.29, 0.717) is 5.75 Å². The lowest BCUT2D eigenvalue weighted by Crippen LogP contribution is -2.55. The maximum atomic E-state index is 10.7. The van der Waals surface area contributed by atoms with Crippen LogP contribution in [0, 0.1) is 10.1 Å². The molecule has 0 amide bonds. The molecule has 0 aliphatic carbocycles. The summed E-state index contributed by atoms with van der Waals surface area (Å²) < 4.78 is 5.03. The highest BCUT2D eigenvalue weighted by Gasteiger charge is 2.25. The van der Waals surface area contributed by atoms with E-state index in [1.165, 1.54) is 19.2 Å². The number of anilines is 1. The third kappa shape index (κ3) is 1.92. The molecule has 16 heavy (non-hydrogen) atoms. The molecule has 1 aliphatic heterocycles. The first-order chi connectivity index (χ1) is 7.60. The van der Waals surface area contributed by atoms with Gasteiger partial charge in [-0.1, -0.05) is 0 Å². The second kappa shape index (κ2) is 3.97. The van der Waals surface area contributed by atoms with Gasteiger partial charge in [-0.05, 0) is 0 Å². The van der Waals surface area contributed by atoms with Crippen molar-refractivity contribution < 1.29 is 9.66 Å². The lowest BCUT2D eigenvalue weighted by Gasteiger charge is -2.38. The summed E-state index contributed by atoms with van der Waals surface area (Å²) in [6.07, 6.45) is 0. The lowest BCUT2D eigenvalue weighted by molar-refractivity contribution is -0.384. The average molecular weight is 223 g/mol. The number of nitro groups is 1. The van der Waals surface area contributed by atoms with Gasteiger partial charge >= 0.3 is 0 Å². The predicted molar refractivity (Wildman–Crippen MR) is 59.8 cm³/mol. The number of ether oxygens (including phenoxy) is 1. The van der Waals surface area contributed by atoms with Crippen molar-refractivity contribution >= 4 is 11.4 Å². The van der Waals surface area contributed by atoms with Crippen molar-refractivity contribution in [2.75, 3.05) is 25.1 Å². The van der Waals surface area contributed by atoms with Gasteiger partial charge < -0.3 is 15.4 Å². The highest BCUT2D eigenvalue weighted by atomic mass is 16.6. The van der Waals surface area contributed by atoms with E-state index in [2.05, 4.69) is 0 Å². The molecule has 0 aromatic heterocycles. The van der Waals surface area contributed by atoms with Crippen LogP contribution < -0.4 is 15.4 Å². The van der Waals surface area contributed by atoms with Crippen molar-refractivity contribution in [2.45, 2.75) is 6.04 Å². The van der Waals surface area contributed by atoms with E-state index in [-0.39, 0.29) is 11.7 Å². The van der Waals surface area contributed by atoms with E-state index in [1.807, 2.05) is 4.90 Å². The van der Waals surface area contributed by atoms with E-state index >= 15 is 0 Å². The number of nitrogens with two attached hydrogens (primary N) is 1. The van der Waals surface area contributed by atoms with Crippen molar-refractivity contribution in [1.29, 1.82) is 0 Å². The Balaban J connectivity index is 2.30. The molecule has 6 heteroatoms. The Hall–Kier alpha value is -1.82. The zero-order valence-corrected chi connectivity index (χ0v) is 8.92. The number of non-ortho nitro benzene ring substituents is 1. The van der Waals surface area contributed by atoms with E-state index in [4.69, 9.17) is 10.5 Å². The van der Waals surface area contributed by atoms with Gasteiger partial charge in [0.15, 0.2) is 0 Å². The third-order valence-electron chi connectivity index (χ3n) is 2.60. The molecule has 6 nitrogen and oxygen atoms in total. The molecule has 1 aromatic rings. The van der Waals surface area contributed by atoms with Crippen LogP contribution in [0.15, 0.2) is 18.2 Å². The monoisotopic (exact) mass is 223 g/mol. The highest BCUT2D eigenvalue weighted by molar-refractivity contribution is 5.59. The van der Waals surface area contributed by atoms with Crippen LogP contribution >= 0.6 is 0 Å². The van der Waals surface area contributed by atoms with Crippen molar-refractivity contribution in [3.8, 4) is 5.75 Å². The Kier molecular flexibility index (Phi) is 2.66. The molecule has 0 saturated carbocycles. The van der Waals surface area contributed by atoms with Gasteiger partial charge in [-0.2, -0.15) is 0 Å². The minimum absolute atomic E-state index is 0.0369. The summed E-state index contributed by atoms with van der Waals surface area (Å²) in [5.74, 6) is 0.490. The lowest BCUT2D eigenvalue weighted by atomic mass is 10.1. The molecule has 2 N–H and O–H groups in total. The molecular weight excluding hydrogens is 210 g/mol. The van der Waals surface area contributed by atoms with Crippen LogP contribution in [0.4, 0.5) is 11.4 Å². The van der Waals surface area contributed by atoms with Gasteiger partial charge in [0.25, 0.3) is 5.69 Å². The van der Waals surface area contributed by atoms with Gasteiger partial charge in [-0.25, -0.2) is 0 Å². The van der Waals surface area contributed by atoms with E-state index in [9.17, 15) is 10.1 Å². The van der Waals surface area contributed by atoms with Crippen LogP contribution in [-0.4, -0.2) is 31.2 Å². The summed E-state index contributed by atoms with van der Waals surface area (Å²) in [6.45, 7) is 1.45. The number of nitro benzene ring substituents is 1. The van der Waals surface area contributed by atoms with Crippen LogP contribution in [0.1, 0.15) is 0 Å². The first kappa shape index (κ1) is 10.7. The van der Waals surface area contributed by atoms with Gasteiger partial charge in [0.1, 0.15) is 5.75 Å². The largest absolute Gasteiger partial charge is 0.496 e. The maximum Gasteiger partial charge on any atom is 0.275 e. The second-order valence-corrected chi connectivity index (χ2v) is 3.81. The van der Waals surface area contributed by atoms with Gasteiger partial charge in [-0.3, -0.25) is 10.1 Å². The molecule has 0 unspecified atom stereocenters. The molecule has 0 bridgehead atoms. The minimum atomic E-state index is -0.425. The average Bonchev–Trinajstić information content (AvgIpc) is 2.24. The van der Waals surface area contributed by atoms with Gasteiger partial charge in [-0.15, -0.1) is 0 Å². The summed E-state index contributed by atoms with van der Waals surface area (Å²) in [5.41, 5.74) is 6.49. The normalized spacial score (nSPS) is 15.8. The Bertz CT molecular complexity index is 416. The predicted octanol–water partition coefficient (Wildman–Crippen LogP) is 0.751. The first-order valence-corrected chi connectivity index (χ1v) is 4.94. The summed E-state index contributed by atoms with van der Waals surface area (Å²) in [4.78, 5) is 12.3. The number of benzene rings is 1. The van der Waals surface area contributed by atoms with Crippen molar-refractivity contribution in [1.82, 2.24) is 0 Å². The molecule has 2 rings (SSSR count). The topological polar surface area (TPSA) is 81.6 Å².